The lowest BCUT2D eigenvalue weighted by Gasteiger charge is -2.04. The summed E-state index contributed by atoms with van der Waals surface area (Å²) < 4.78 is 1.86. The fourth-order valence-electron chi connectivity index (χ4n) is 1.54. The standard InChI is InChI=1S/C12H12N2O/c1-10-7-14(9-12(15)13-10)8-11-5-3-2-4-6-11/h2-7,9H,8H2,1H3. The minimum atomic E-state index is -0.189. The molecule has 0 aliphatic carbocycles. The molecule has 0 fully saturated rings. The van der Waals surface area contributed by atoms with E-state index in [4.69, 9.17) is 0 Å². The van der Waals surface area contributed by atoms with Crippen LogP contribution in [0.15, 0.2) is 42.7 Å². The molecular formula is C12H12N2O. The first kappa shape index (κ1) is 9.65. The molecule has 1 heterocycles. The summed E-state index contributed by atoms with van der Waals surface area (Å²) in [7, 11) is 0. The highest BCUT2D eigenvalue weighted by Crippen LogP contribution is 2.00. The van der Waals surface area contributed by atoms with Crippen molar-refractivity contribution in [1.29, 1.82) is 0 Å². The Morgan fingerprint density at radius 2 is 1.93 bits per heavy atom. The predicted molar refractivity (Wildman–Crippen MR) is 54.2 cm³/mol. The second kappa shape index (κ2) is 4.09. The lowest BCUT2D eigenvalue weighted by atomic mass is 10.2. The summed E-state index contributed by atoms with van der Waals surface area (Å²) in [6.45, 7) is 2.53. The lowest BCUT2D eigenvalue weighted by molar-refractivity contribution is -0.691. The summed E-state index contributed by atoms with van der Waals surface area (Å²) in [5.41, 5.74) is 1.92. The van der Waals surface area contributed by atoms with Crippen LogP contribution in [-0.2, 0) is 6.54 Å². The molecule has 0 saturated carbocycles. The molecule has 0 unspecified atom stereocenters. The summed E-state index contributed by atoms with van der Waals surface area (Å²) in [6, 6.07) is 10.0. The van der Waals surface area contributed by atoms with Gasteiger partial charge in [-0.25, -0.2) is 0 Å². The van der Waals surface area contributed by atoms with E-state index in [-0.39, 0.29) is 5.88 Å². The van der Waals surface area contributed by atoms with E-state index in [1.54, 1.807) is 0 Å². The van der Waals surface area contributed by atoms with Crippen molar-refractivity contribution in [3.8, 4) is 5.88 Å². The molecule has 1 aromatic heterocycles. The van der Waals surface area contributed by atoms with Gasteiger partial charge in [-0.3, -0.25) is 4.98 Å². The topological polar surface area (TPSA) is 39.8 Å². The Morgan fingerprint density at radius 3 is 2.60 bits per heavy atom. The summed E-state index contributed by atoms with van der Waals surface area (Å²) in [4.78, 5) is 3.80. The summed E-state index contributed by atoms with van der Waals surface area (Å²) in [5, 5.41) is 11.2. The third-order valence-electron chi connectivity index (χ3n) is 2.12. The third kappa shape index (κ3) is 2.53. The number of benzene rings is 1. The van der Waals surface area contributed by atoms with Crippen LogP contribution in [0.3, 0.4) is 0 Å². The van der Waals surface area contributed by atoms with Gasteiger partial charge in [-0.05, 0) is 6.92 Å². The van der Waals surface area contributed by atoms with Crippen LogP contribution in [-0.4, -0.2) is 4.98 Å². The van der Waals surface area contributed by atoms with Crippen molar-refractivity contribution < 1.29 is 9.67 Å². The van der Waals surface area contributed by atoms with Gasteiger partial charge in [0, 0.05) is 5.56 Å². The molecule has 0 saturated heterocycles. The van der Waals surface area contributed by atoms with Crippen molar-refractivity contribution in [3.05, 3.63) is 54.0 Å². The van der Waals surface area contributed by atoms with Gasteiger partial charge in [0.1, 0.15) is 5.69 Å². The van der Waals surface area contributed by atoms with E-state index >= 15 is 0 Å². The van der Waals surface area contributed by atoms with Crippen molar-refractivity contribution in [2.75, 3.05) is 0 Å². The van der Waals surface area contributed by atoms with Gasteiger partial charge in [0.2, 0.25) is 0 Å². The van der Waals surface area contributed by atoms with Crippen molar-refractivity contribution in [2.45, 2.75) is 13.5 Å². The lowest BCUT2D eigenvalue weighted by Crippen LogP contribution is -2.35. The molecule has 0 aliphatic heterocycles. The average molecular weight is 200 g/mol. The summed E-state index contributed by atoms with van der Waals surface area (Å²) in [5.74, 6) is -0.189. The van der Waals surface area contributed by atoms with E-state index in [9.17, 15) is 5.11 Å². The Labute approximate surface area is 88.7 Å². The molecule has 76 valence electrons. The fraction of sp³-hybridized carbons (Fsp3) is 0.167. The van der Waals surface area contributed by atoms with E-state index in [1.807, 2.05) is 48.0 Å². The first-order valence-electron chi connectivity index (χ1n) is 4.83. The van der Waals surface area contributed by atoms with Crippen LogP contribution in [0.2, 0.25) is 0 Å². The highest BCUT2D eigenvalue weighted by Gasteiger charge is 2.02. The molecule has 15 heavy (non-hydrogen) atoms. The number of rotatable bonds is 2. The molecule has 0 atom stereocenters. The van der Waals surface area contributed by atoms with Crippen LogP contribution in [0.4, 0.5) is 0 Å². The van der Waals surface area contributed by atoms with Crippen molar-refractivity contribution in [1.82, 2.24) is 4.98 Å². The molecular weight excluding hydrogens is 188 g/mol. The first-order chi connectivity index (χ1) is 7.24. The second-order valence-corrected chi connectivity index (χ2v) is 3.51. The Balaban J connectivity index is 2.25. The number of hydrogen-bond acceptors (Lipinski definition) is 2. The van der Waals surface area contributed by atoms with Crippen LogP contribution < -0.4 is 9.67 Å². The van der Waals surface area contributed by atoms with E-state index in [2.05, 4.69) is 4.98 Å². The molecule has 0 N–H and O–H groups in total. The van der Waals surface area contributed by atoms with Crippen LogP contribution in [0.5, 0.6) is 5.88 Å². The number of hydrogen-bond donors (Lipinski definition) is 0. The maximum atomic E-state index is 11.2. The van der Waals surface area contributed by atoms with Gasteiger partial charge < -0.3 is 5.11 Å². The van der Waals surface area contributed by atoms with E-state index in [0.717, 1.165) is 5.69 Å². The highest BCUT2D eigenvalue weighted by atomic mass is 16.3. The highest BCUT2D eigenvalue weighted by molar-refractivity contribution is 5.13. The molecule has 1 aromatic carbocycles. The maximum Gasteiger partial charge on any atom is 0.190 e. The molecule has 3 nitrogen and oxygen atoms in total. The zero-order valence-corrected chi connectivity index (χ0v) is 8.55. The van der Waals surface area contributed by atoms with Gasteiger partial charge in [0.05, 0.1) is 5.88 Å². The van der Waals surface area contributed by atoms with E-state index in [1.165, 1.54) is 11.8 Å². The van der Waals surface area contributed by atoms with Crippen LogP contribution in [0.1, 0.15) is 11.3 Å². The maximum absolute atomic E-state index is 11.2. The third-order valence-corrected chi connectivity index (χ3v) is 2.12. The Kier molecular flexibility index (Phi) is 2.63. The summed E-state index contributed by atoms with van der Waals surface area (Å²) >= 11 is 0. The summed E-state index contributed by atoms with van der Waals surface area (Å²) in [6.07, 6.45) is 3.38. The second-order valence-electron chi connectivity index (χ2n) is 3.51. The van der Waals surface area contributed by atoms with Gasteiger partial charge in [-0.15, -0.1) is 0 Å². The smallest absolute Gasteiger partial charge is 0.190 e. The van der Waals surface area contributed by atoms with Crippen LogP contribution >= 0.6 is 0 Å². The largest absolute Gasteiger partial charge is 0.854 e. The Morgan fingerprint density at radius 1 is 1.20 bits per heavy atom. The van der Waals surface area contributed by atoms with Crippen molar-refractivity contribution in [3.63, 3.8) is 0 Å². The Bertz CT molecular complexity index is 434. The normalized spacial score (nSPS) is 10.2. The van der Waals surface area contributed by atoms with E-state index in [0.29, 0.717) is 6.54 Å². The molecule has 0 amide bonds. The van der Waals surface area contributed by atoms with Crippen LogP contribution in [0.25, 0.3) is 0 Å². The van der Waals surface area contributed by atoms with Gasteiger partial charge in [-0.2, -0.15) is 4.57 Å². The van der Waals surface area contributed by atoms with Crippen LogP contribution in [0, 0.1) is 6.92 Å². The molecule has 0 bridgehead atoms. The quantitative estimate of drug-likeness (QED) is 0.673. The van der Waals surface area contributed by atoms with Gasteiger partial charge in [-0.1, -0.05) is 30.3 Å². The zero-order chi connectivity index (χ0) is 10.7. The number of nitrogens with zero attached hydrogens (tertiary/aromatic N) is 2. The van der Waals surface area contributed by atoms with Crippen molar-refractivity contribution >= 4 is 0 Å². The minimum Gasteiger partial charge on any atom is -0.854 e. The monoisotopic (exact) mass is 200 g/mol. The van der Waals surface area contributed by atoms with Gasteiger partial charge in [0.25, 0.3) is 0 Å². The van der Waals surface area contributed by atoms with Gasteiger partial charge in [0.15, 0.2) is 18.9 Å². The molecule has 2 aromatic rings. The Hall–Kier alpha value is -1.90. The molecule has 0 spiro atoms. The number of aromatic nitrogens is 2. The zero-order valence-electron chi connectivity index (χ0n) is 8.55. The molecule has 2 rings (SSSR count). The SMILES string of the molecule is Cc1c[n+](Cc2ccccc2)cc([O-])n1. The van der Waals surface area contributed by atoms with Gasteiger partial charge >= 0.3 is 0 Å². The number of aryl methyl sites for hydroxylation is 1. The predicted octanol–water partition coefficient (Wildman–Crippen LogP) is 0.799. The van der Waals surface area contributed by atoms with Crippen molar-refractivity contribution in [2.24, 2.45) is 0 Å². The minimum absolute atomic E-state index is 0.189. The molecule has 0 aliphatic rings. The van der Waals surface area contributed by atoms with E-state index < -0.39 is 0 Å². The molecule has 0 radical (unpaired) electrons. The molecule has 3 heteroatoms. The average Bonchev–Trinajstić information content (AvgIpc) is 2.17. The fourth-order valence-corrected chi connectivity index (χ4v) is 1.54. The first-order valence-corrected chi connectivity index (χ1v) is 4.83.